The fourth-order valence-corrected chi connectivity index (χ4v) is 2.30. The third kappa shape index (κ3) is 3.85. The van der Waals surface area contributed by atoms with Crippen molar-refractivity contribution < 1.29 is 9.90 Å². The highest BCUT2D eigenvalue weighted by Gasteiger charge is 2.14. The largest absolute Gasteiger partial charge is 0.507 e. The minimum Gasteiger partial charge on any atom is -0.507 e. The second-order valence-electron chi connectivity index (χ2n) is 5.94. The SMILES string of the molecule is CC(C)(C)c1ccc(NC(=O)c2cc(Br)ccc2O)cc1. The predicted octanol–water partition coefficient (Wildman–Crippen LogP) is 4.70. The van der Waals surface area contributed by atoms with E-state index in [2.05, 4.69) is 42.0 Å². The predicted molar refractivity (Wildman–Crippen MR) is 88.9 cm³/mol. The standard InChI is InChI=1S/C17H18BrNO2/c1-17(2,3)11-4-7-13(8-5-11)19-16(21)14-10-12(18)6-9-15(14)20/h4-10,20H,1-3H3,(H,19,21). The number of carbonyl (C=O) groups excluding carboxylic acids is 1. The van der Waals surface area contributed by atoms with Gasteiger partial charge in [0.15, 0.2) is 0 Å². The molecule has 2 aromatic rings. The van der Waals surface area contributed by atoms with Crippen LogP contribution in [0.5, 0.6) is 5.75 Å². The molecule has 0 saturated carbocycles. The smallest absolute Gasteiger partial charge is 0.259 e. The lowest BCUT2D eigenvalue weighted by Crippen LogP contribution is -2.13. The van der Waals surface area contributed by atoms with Gasteiger partial charge < -0.3 is 10.4 Å². The summed E-state index contributed by atoms with van der Waals surface area (Å²) in [4.78, 5) is 12.2. The highest BCUT2D eigenvalue weighted by Crippen LogP contribution is 2.25. The number of halogens is 1. The summed E-state index contributed by atoms with van der Waals surface area (Å²) in [6.45, 7) is 6.42. The van der Waals surface area contributed by atoms with Gasteiger partial charge in [0, 0.05) is 10.2 Å². The van der Waals surface area contributed by atoms with E-state index in [1.807, 2.05) is 24.3 Å². The number of aromatic hydroxyl groups is 1. The molecule has 0 radical (unpaired) electrons. The number of phenolic OH excluding ortho intramolecular Hbond substituents is 1. The van der Waals surface area contributed by atoms with Crippen molar-refractivity contribution >= 4 is 27.5 Å². The molecular weight excluding hydrogens is 330 g/mol. The number of carbonyl (C=O) groups is 1. The van der Waals surface area contributed by atoms with Crippen LogP contribution < -0.4 is 5.32 Å². The Balaban J connectivity index is 2.18. The van der Waals surface area contributed by atoms with Crippen molar-refractivity contribution in [2.75, 3.05) is 5.32 Å². The average Bonchev–Trinajstić information content (AvgIpc) is 2.41. The van der Waals surface area contributed by atoms with E-state index in [-0.39, 0.29) is 22.6 Å². The van der Waals surface area contributed by atoms with Gasteiger partial charge in [0.25, 0.3) is 5.91 Å². The molecule has 4 heteroatoms. The van der Waals surface area contributed by atoms with Gasteiger partial charge in [0.05, 0.1) is 5.56 Å². The molecule has 0 saturated heterocycles. The number of anilines is 1. The maximum Gasteiger partial charge on any atom is 0.259 e. The van der Waals surface area contributed by atoms with E-state index in [1.54, 1.807) is 12.1 Å². The van der Waals surface area contributed by atoms with Crippen molar-refractivity contribution in [1.29, 1.82) is 0 Å². The number of amides is 1. The number of hydrogen-bond donors (Lipinski definition) is 2. The summed E-state index contributed by atoms with van der Waals surface area (Å²) >= 11 is 3.29. The number of hydrogen-bond acceptors (Lipinski definition) is 2. The van der Waals surface area contributed by atoms with Crippen LogP contribution in [-0.4, -0.2) is 11.0 Å². The zero-order valence-electron chi connectivity index (χ0n) is 12.3. The van der Waals surface area contributed by atoms with Crippen LogP contribution in [0.1, 0.15) is 36.7 Å². The molecule has 0 aliphatic rings. The molecule has 110 valence electrons. The molecule has 0 fully saturated rings. The molecule has 0 aromatic heterocycles. The minimum absolute atomic E-state index is 0.0398. The van der Waals surface area contributed by atoms with Gasteiger partial charge in [-0.3, -0.25) is 4.79 Å². The lowest BCUT2D eigenvalue weighted by molar-refractivity contribution is 0.102. The maximum atomic E-state index is 12.2. The quantitative estimate of drug-likeness (QED) is 0.826. The van der Waals surface area contributed by atoms with Gasteiger partial charge >= 0.3 is 0 Å². The summed E-state index contributed by atoms with van der Waals surface area (Å²) < 4.78 is 0.744. The van der Waals surface area contributed by atoms with E-state index in [0.717, 1.165) is 4.47 Å². The van der Waals surface area contributed by atoms with Gasteiger partial charge in [0.2, 0.25) is 0 Å². The van der Waals surface area contributed by atoms with Gasteiger partial charge in [-0.1, -0.05) is 48.8 Å². The Morgan fingerprint density at radius 1 is 1.10 bits per heavy atom. The Morgan fingerprint density at radius 2 is 1.71 bits per heavy atom. The highest BCUT2D eigenvalue weighted by molar-refractivity contribution is 9.10. The van der Waals surface area contributed by atoms with Crippen molar-refractivity contribution in [3.63, 3.8) is 0 Å². The molecule has 3 nitrogen and oxygen atoms in total. The third-order valence-electron chi connectivity index (χ3n) is 3.21. The van der Waals surface area contributed by atoms with Gasteiger partial charge in [-0.05, 0) is 41.3 Å². The summed E-state index contributed by atoms with van der Waals surface area (Å²) in [5.41, 5.74) is 2.22. The van der Waals surface area contributed by atoms with E-state index in [0.29, 0.717) is 5.69 Å². The molecule has 2 aromatic carbocycles. The second kappa shape index (κ2) is 5.90. The Kier molecular flexibility index (Phi) is 4.37. The molecule has 0 aliphatic carbocycles. The molecule has 0 bridgehead atoms. The summed E-state index contributed by atoms with van der Waals surface area (Å²) in [5, 5.41) is 12.5. The van der Waals surface area contributed by atoms with Crippen molar-refractivity contribution in [3.05, 3.63) is 58.1 Å². The molecule has 0 atom stereocenters. The van der Waals surface area contributed by atoms with E-state index in [1.165, 1.54) is 11.6 Å². The Labute approximate surface area is 133 Å². The molecule has 0 unspecified atom stereocenters. The molecular formula is C17H18BrNO2. The normalized spacial score (nSPS) is 11.2. The van der Waals surface area contributed by atoms with Gasteiger partial charge in [-0.15, -0.1) is 0 Å². The van der Waals surface area contributed by atoms with Crippen molar-refractivity contribution in [2.24, 2.45) is 0 Å². The Morgan fingerprint density at radius 3 is 2.29 bits per heavy atom. The first-order valence-electron chi connectivity index (χ1n) is 6.68. The zero-order valence-corrected chi connectivity index (χ0v) is 13.9. The minimum atomic E-state index is -0.336. The topological polar surface area (TPSA) is 49.3 Å². The first-order chi connectivity index (χ1) is 9.77. The Bertz CT molecular complexity index is 657. The molecule has 2 rings (SSSR count). The highest BCUT2D eigenvalue weighted by atomic mass is 79.9. The van der Waals surface area contributed by atoms with Gasteiger partial charge in [-0.2, -0.15) is 0 Å². The van der Waals surface area contributed by atoms with E-state index >= 15 is 0 Å². The van der Waals surface area contributed by atoms with Gasteiger partial charge in [0.1, 0.15) is 5.75 Å². The first-order valence-corrected chi connectivity index (χ1v) is 7.47. The molecule has 2 N–H and O–H groups in total. The fraction of sp³-hybridized carbons (Fsp3) is 0.235. The molecule has 0 aliphatic heterocycles. The first kappa shape index (κ1) is 15.6. The number of benzene rings is 2. The molecule has 1 amide bonds. The van der Waals surface area contributed by atoms with E-state index < -0.39 is 0 Å². The summed E-state index contributed by atoms with van der Waals surface area (Å²) in [6, 6.07) is 12.5. The monoisotopic (exact) mass is 347 g/mol. The van der Waals surface area contributed by atoms with Crippen molar-refractivity contribution in [3.8, 4) is 5.75 Å². The van der Waals surface area contributed by atoms with Crippen molar-refractivity contribution in [2.45, 2.75) is 26.2 Å². The van der Waals surface area contributed by atoms with Crippen LogP contribution in [0.3, 0.4) is 0 Å². The summed E-state index contributed by atoms with van der Waals surface area (Å²) in [5.74, 6) is -0.376. The summed E-state index contributed by atoms with van der Waals surface area (Å²) in [7, 11) is 0. The van der Waals surface area contributed by atoms with Crippen LogP contribution in [0.4, 0.5) is 5.69 Å². The average molecular weight is 348 g/mol. The van der Waals surface area contributed by atoms with Gasteiger partial charge in [-0.25, -0.2) is 0 Å². The van der Waals surface area contributed by atoms with E-state index in [4.69, 9.17) is 0 Å². The van der Waals surface area contributed by atoms with Crippen LogP contribution in [0.2, 0.25) is 0 Å². The number of phenols is 1. The molecule has 0 spiro atoms. The lowest BCUT2D eigenvalue weighted by Gasteiger charge is -2.19. The van der Waals surface area contributed by atoms with Crippen LogP contribution in [0.15, 0.2) is 46.9 Å². The van der Waals surface area contributed by atoms with Crippen LogP contribution in [-0.2, 0) is 5.41 Å². The van der Waals surface area contributed by atoms with Crippen LogP contribution >= 0.6 is 15.9 Å². The number of nitrogens with one attached hydrogen (secondary N) is 1. The van der Waals surface area contributed by atoms with E-state index in [9.17, 15) is 9.90 Å². The zero-order chi connectivity index (χ0) is 15.6. The van der Waals surface area contributed by atoms with Crippen LogP contribution in [0.25, 0.3) is 0 Å². The third-order valence-corrected chi connectivity index (χ3v) is 3.71. The Hall–Kier alpha value is -1.81. The molecule has 21 heavy (non-hydrogen) atoms. The fourth-order valence-electron chi connectivity index (χ4n) is 1.94. The number of rotatable bonds is 2. The maximum absolute atomic E-state index is 12.2. The lowest BCUT2D eigenvalue weighted by atomic mass is 9.87. The van der Waals surface area contributed by atoms with Crippen LogP contribution in [0, 0.1) is 0 Å². The van der Waals surface area contributed by atoms with Crippen molar-refractivity contribution in [1.82, 2.24) is 0 Å². The molecule has 0 heterocycles. The summed E-state index contributed by atoms with van der Waals surface area (Å²) in [6.07, 6.45) is 0. The second-order valence-corrected chi connectivity index (χ2v) is 6.86.